The lowest BCUT2D eigenvalue weighted by atomic mass is 9.98. The first-order chi connectivity index (χ1) is 11.7. The average Bonchev–Trinajstić information content (AvgIpc) is 2.62. The van der Waals surface area contributed by atoms with Crippen molar-refractivity contribution in [1.82, 2.24) is 0 Å². The van der Waals surface area contributed by atoms with Crippen LogP contribution in [0.25, 0.3) is 0 Å². The second kappa shape index (κ2) is 9.19. The van der Waals surface area contributed by atoms with Gasteiger partial charge in [-0.1, -0.05) is 0 Å². The molecule has 1 aliphatic rings. The molecule has 1 heterocycles. The van der Waals surface area contributed by atoms with Crippen molar-refractivity contribution in [1.29, 1.82) is 0 Å². The van der Waals surface area contributed by atoms with Crippen LogP contribution in [-0.4, -0.2) is 72.9 Å². The van der Waals surface area contributed by atoms with Crippen LogP contribution in [0.15, 0.2) is 24.3 Å². The molecule has 0 amide bonds. The van der Waals surface area contributed by atoms with Gasteiger partial charge in [0.15, 0.2) is 0 Å². The molecule has 0 N–H and O–H groups in total. The molecule has 0 spiro atoms. The smallest absolute Gasteiger partial charge is 0.229 e. The summed E-state index contributed by atoms with van der Waals surface area (Å²) in [5.74, 6) is 1.39. The van der Waals surface area contributed by atoms with Gasteiger partial charge in [0.05, 0.1) is 13.7 Å². The van der Waals surface area contributed by atoms with E-state index in [9.17, 15) is 0 Å². The Morgan fingerprint density at radius 1 is 0.792 bits per heavy atom. The molecule has 5 atom stereocenters. The minimum atomic E-state index is -0.653. The molecule has 7 nitrogen and oxygen atoms in total. The van der Waals surface area contributed by atoms with Crippen molar-refractivity contribution in [2.45, 2.75) is 30.7 Å². The van der Waals surface area contributed by atoms with Crippen LogP contribution in [0.2, 0.25) is 0 Å². The third kappa shape index (κ3) is 4.17. The van der Waals surface area contributed by atoms with E-state index in [0.29, 0.717) is 12.4 Å². The molecule has 1 fully saturated rings. The normalized spacial score (nSPS) is 30.1. The Balaban J connectivity index is 2.18. The quantitative estimate of drug-likeness (QED) is 0.709. The highest BCUT2D eigenvalue weighted by atomic mass is 16.7. The summed E-state index contributed by atoms with van der Waals surface area (Å²) >= 11 is 0. The van der Waals surface area contributed by atoms with Crippen LogP contribution in [0.3, 0.4) is 0 Å². The van der Waals surface area contributed by atoms with E-state index in [1.54, 1.807) is 35.5 Å². The first-order valence-electron chi connectivity index (χ1n) is 7.72. The van der Waals surface area contributed by atoms with Crippen molar-refractivity contribution in [3.05, 3.63) is 24.3 Å². The molecule has 0 aliphatic carbocycles. The molecule has 24 heavy (non-hydrogen) atoms. The maximum atomic E-state index is 6.02. The van der Waals surface area contributed by atoms with E-state index < -0.39 is 12.4 Å². The van der Waals surface area contributed by atoms with Crippen molar-refractivity contribution in [3.63, 3.8) is 0 Å². The fourth-order valence-electron chi connectivity index (χ4n) is 2.86. The summed E-state index contributed by atoms with van der Waals surface area (Å²) in [6.07, 6.45) is -2.11. The molecule has 1 aliphatic heterocycles. The second-order valence-corrected chi connectivity index (χ2v) is 5.39. The number of ether oxygens (including phenoxy) is 7. The number of hydrogen-bond donors (Lipinski definition) is 0. The van der Waals surface area contributed by atoms with Gasteiger partial charge in [-0.05, 0) is 24.3 Å². The third-order valence-corrected chi connectivity index (χ3v) is 4.05. The summed E-state index contributed by atoms with van der Waals surface area (Å²) < 4.78 is 39.1. The molecule has 1 aromatic rings. The largest absolute Gasteiger partial charge is 0.497 e. The van der Waals surface area contributed by atoms with Gasteiger partial charge in [-0.2, -0.15) is 0 Å². The monoisotopic (exact) mass is 342 g/mol. The van der Waals surface area contributed by atoms with Crippen LogP contribution in [0, 0.1) is 0 Å². The molecule has 0 aromatic heterocycles. The Kier molecular flexibility index (Phi) is 7.26. The zero-order chi connectivity index (χ0) is 17.5. The molecule has 1 aromatic carbocycles. The molecular formula is C17H26O7. The summed E-state index contributed by atoms with van der Waals surface area (Å²) in [4.78, 5) is 0. The van der Waals surface area contributed by atoms with Crippen LogP contribution >= 0.6 is 0 Å². The minimum absolute atomic E-state index is 0.324. The summed E-state index contributed by atoms with van der Waals surface area (Å²) in [7, 11) is 8.04. The summed E-state index contributed by atoms with van der Waals surface area (Å²) in [5.41, 5.74) is 0. The topological polar surface area (TPSA) is 64.6 Å². The van der Waals surface area contributed by atoms with Gasteiger partial charge in [0.25, 0.3) is 0 Å². The van der Waals surface area contributed by atoms with Crippen LogP contribution < -0.4 is 9.47 Å². The lowest BCUT2D eigenvalue weighted by molar-refractivity contribution is -0.292. The van der Waals surface area contributed by atoms with Crippen LogP contribution in [-0.2, 0) is 23.7 Å². The zero-order valence-corrected chi connectivity index (χ0v) is 14.8. The molecule has 7 heteroatoms. The van der Waals surface area contributed by atoms with E-state index in [1.165, 1.54) is 0 Å². The molecule has 136 valence electrons. The Bertz CT molecular complexity index is 478. The standard InChI is InChI=1S/C17H26O7/c1-18-10-13-14(20-3)15(21-4)16(22-5)17(24-13)23-12-8-6-11(19-2)7-9-12/h6-9,13-17H,10H2,1-5H3. The fraction of sp³-hybridized carbons (Fsp3) is 0.647. The van der Waals surface area contributed by atoms with E-state index in [4.69, 9.17) is 33.2 Å². The molecule has 1 saturated heterocycles. The van der Waals surface area contributed by atoms with Gasteiger partial charge in [-0.3, -0.25) is 0 Å². The maximum absolute atomic E-state index is 6.02. The van der Waals surface area contributed by atoms with Gasteiger partial charge in [0.1, 0.15) is 35.9 Å². The fourth-order valence-corrected chi connectivity index (χ4v) is 2.86. The first-order valence-corrected chi connectivity index (χ1v) is 7.72. The average molecular weight is 342 g/mol. The van der Waals surface area contributed by atoms with Gasteiger partial charge in [-0.15, -0.1) is 0 Å². The van der Waals surface area contributed by atoms with Gasteiger partial charge in [0.2, 0.25) is 6.29 Å². The maximum Gasteiger partial charge on any atom is 0.229 e. The summed E-state index contributed by atoms with van der Waals surface area (Å²) in [6, 6.07) is 7.26. The van der Waals surface area contributed by atoms with Crippen LogP contribution in [0.4, 0.5) is 0 Å². The minimum Gasteiger partial charge on any atom is -0.497 e. The summed E-state index contributed by atoms with van der Waals surface area (Å²) in [6.45, 7) is 0.358. The summed E-state index contributed by atoms with van der Waals surface area (Å²) in [5, 5.41) is 0. The van der Waals surface area contributed by atoms with Gasteiger partial charge >= 0.3 is 0 Å². The number of rotatable bonds is 8. The second-order valence-electron chi connectivity index (χ2n) is 5.39. The Morgan fingerprint density at radius 3 is 1.88 bits per heavy atom. The van der Waals surface area contributed by atoms with Crippen LogP contribution in [0.5, 0.6) is 11.5 Å². The molecule has 0 saturated carbocycles. The highest BCUT2D eigenvalue weighted by molar-refractivity contribution is 5.31. The molecule has 2 rings (SSSR count). The molecular weight excluding hydrogens is 316 g/mol. The van der Waals surface area contributed by atoms with Gasteiger partial charge < -0.3 is 33.2 Å². The molecule has 5 unspecified atom stereocenters. The van der Waals surface area contributed by atoms with E-state index in [0.717, 1.165) is 5.75 Å². The van der Waals surface area contributed by atoms with Crippen molar-refractivity contribution in [2.24, 2.45) is 0 Å². The van der Waals surface area contributed by atoms with Gasteiger partial charge in [0, 0.05) is 28.4 Å². The molecule has 0 radical (unpaired) electrons. The molecule has 0 bridgehead atoms. The number of hydrogen-bond acceptors (Lipinski definition) is 7. The Hall–Kier alpha value is -1.38. The van der Waals surface area contributed by atoms with E-state index in [2.05, 4.69) is 0 Å². The Labute approximate surface area is 142 Å². The number of benzene rings is 1. The lowest BCUT2D eigenvalue weighted by Crippen LogP contribution is -2.62. The van der Waals surface area contributed by atoms with Gasteiger partial charge in [-0.25, -0.2) is 0 Å². The predicted molar refractivity (Wildman–Crippen MR) is 86.6 cm³/mol. The zero-order valence-electron chi connectivity index (χ0n) is 14.8. The van der Waals surface area contributed by atoms with Crippen molar-refractivity contribution in [2.75, 3.05) is 42.2 Å². The SMILES string of the molecule is COCC1OC(Oc2ccc(OC)cc2)C(OC)C(OC)C1OC. The third-order valence-electron chi connectivity index (χ3n) is 4.05. The van der Waals surface area contributed by atoms with Crippen molar-refractivity contribution < 1.29 is 33.2 Å². The Morgan fingerprint density at radius 2 is 1.38 bits per heavy atom. The highest BCUT2D eigenvalue weighted by Crippen LogP contribution is 2.29. The van der Waals surface area contributed by atoms with Crippen LogP contribution in [0.1, 0.15) is 0 Å². The van der Waals surface area contributed by atoms with E-state index in [-0.39, 0.29) is 18.3 Å². The van der Waals surface area contributed by atoms with Crippen molar-refractivity contribution >= 4 is 0 Å². The lowest BCUT2D eigenvalue weighted by Gasteiger charge is -2.44. The number of methoxy groups -OCH3 is 5. The van der Waals surface area contributed by atoms with E-state index in [1.807, 2.05) is 24.3 Å². The highest BCUT2D eigenvalue weighted by Gasteiger charge is 2.48. The first kappa shape index (κ1) is 19.0. The van der Waals surface area contributed by atoms with Crippen molar-refractivity contribution in [3.8, 4) is 11.5 Å². The van der Waals surface area contributed by atoms with E-state index >= 15 is 0 Å². The predicted octanol–water partition coefficient (Wildman–Crippen LogP) is 1.49.